The first-order valence-electron chi connectivity index (χ1n) is 6.78. The first-order valence-corrected chi connectivity index (χ1v) is 8.03. The molecule has 0 aliphatic rings. The Hall–Kier alpha value is -2.10. The van der Waals surface area contributed by atoms with Crippen LogP contribution >= 0.6 is 22.9 Å². The number of carbonyl (C=O) groups is 1. The summed E-state index contributed by atoms with van der Waals surface area (Å²) in [7, 11) is 0. The van der Waals surface area contributed by atoms with E-state index < -0.39 is 0 Å². The van der Waals surface area contributed by atoms with Crippen molar-refractivity contribution in [2.45, 2.75) is 6.61 Å². The Morgan fingerprint density at radius 2 is 1.73 bits per heavy atom. The van der Waals surface area contributed by atoms with E-state index in [9.17, 15) is 4.79 Å². The van der Waals surface area contributed by atoms with E-state index in [4.69, 9.17) is 16.3 Å². The van der Waals surface area contributed by atoms with Crippen LogP contribution in [0.3, 0.4) is 0 Å². The third kappa shape index (κ3) is 3.56. The minimum atomic E-state index is 0.0410. The van der Waals surface area contributed by atoms with Gasteiger partial charge in [0.05, 0.1) is 4.88 Å². The van der Waals surface area contributed by atoms with Crippen LogP contribution in [0.5, 0.6) is 5.75 Å². The standard InChI is InChI=1S/C18H13ClO2S/c19-15-7-3-13(4-8-15)12-21-16-9-5-14(6-10-16)18(20)17-2-1-11-22-17/h1-11H,12H2. The average molecular weight is 329 g/mol. The van der Waals surface area contributed by atoms with Crippen molar-refractivity contribution < 1.29 is 9.53 Å². The van der Waals surface area contributed by atoms with Gasteiger partial charge in [-0.25, -0.2) is 0 Å². The number of rotatable bonds is 5. The molecule has 0 N–H and O–H groups in total. The van der Waals surface area contributed by atoms with Gasteiger partial charge in [0, 0.05) is 10.6 Å². The van der Waals surface area contributed by atoms with Gasteiger partial charge in [0.25, 0.3) is 0 Å². The number of hydrogen-bond donors (Lipinski definition) is 0. The van der Waals surface area contributed by atoms with Crippen molar-refractivity contribution in [3.63, 3.8) is 0 Å². The van der Waals surface area contributed by atoms with E-state index in [1.54, 1.807) is 12.1 Å². The summed E-state index contributed by atoms with van der Waals surface area (Å²) in [5.41, 5.74) is 1.71. The van der Waals surface area contributed by atoms with Crippen molar-refractivity contribution in [1.82, 2.24) is 0 Å². The Labute approximate surface area is 137 Å². The van der Waals surface area contributed by atoms with Crippen LogP contribution in [0.1, 0.15) is 20.8 Å². The molecule has 0 fully saturated rings. The molecule has 3 rings (SSSR count). The summed E-state index contributed by atoms with van der Waals surface area (Å²) >= 11 is 7.29. The van der Waals surface area contributed by atoms with E-state index in [-0.39, 0.29) is 5.78 Å². The molecule has 3 aromatic rings. The van der Waals surface area contributed by atoms with Gasteiger partial charge >= 0.3 is 0 Å². The number of hydrogen-bond acceptors (Lipinski definition) is 3. The van der Waals surface area contributed by atoms with Crippen molar-refractivity contribution in [3.8, 4) is 5.75 Å². The minimum absolute atomic E-state index is 0.0410. The van der Waals surface area contributed by atoms with Crippen LogP contribution in [0.25, 0.3) is 0 Å². The van der Waals surface area contributed by atoms with Gasteiger partial charge in [-0.15, -0.1) is 11.3 Å². The van der Waals surface area contributed by atoms with Crippen LogP contribution in [0.2, 0.25) is 5.02 Å². The Kier molecular flexibility index (Phi) is 4.56. The minimum Gasteiger partial charge on any atom is -0.489 e. The van der Waals surface area contributed by atoms with Crippen molar-refractivity contribution in [2.75, 3.05) is 0 Å². The molecule has 0 radical (unpaired) electrons. The molecule has 0 bridgehead atoms. The van der Waals surface area contributed by atoms with E-state index in [0.717, 1.165) is 16.2 Å². The van der Waals surface area contributed by atoms with Crippen LogP contribution in [-0.4, -0.2) is 5.78 Å². The Morgan fingerprint density at radius 3 is 2.36 bits per heavy atom. The summed E-state index contributed by atoms with van der Waals surface area (Å²) in [5.74, 6) is 0.775. The second-order valence-corrected chi connectivity index (χ2v) is 6.13. The molecule has 0 atom stereocenters. The lowest BCUT2D eigenvalue weighted by atomic mass is 10.1. The van der Waals surface area contributed by atoms with Crippen molar-refractivity contribution in [2.24, 2.45) is 0 Å². The molecule has 1 heterocycles. The third-order valence-electron chi connectivity index (χ3n) is 3.18. The summed E-state index contributed by atoms with van der Waals surface area (Å²) in [6.07, 6.45) is 0. The molecule has 110 valence electrons. The zero-order chi connectivity index (χ0) is 15.4. The highest BCUT2D eigenvalue weighted by Gasteiger charge is 2.09. The lowest BCUT2D eigenvalue weighted by Gasteiger charge is -2.07. The molecule has 22 heavy (non-hydrogen) atoms. The third-order valence-corrected chi connectivity index (χ3v) is 4.30. The second-order valence-electron chi connectivity index (χ2n) is 4.75. The molecule has 0 unspecified atom stereocenters. The number of benzene rings is 2. The number of halogens is 1. The van der Waals surface area contributed by atoms with E-state index in [0.29, 0.717) is 17.2 Å². The molecule has 0 saturated heterocycles. The van der Waals surface area contributed by atoms with Crippen LogP contribution in [0.15, 0.2) is 66.0 Å². The number of carbonyl (C=O) groups excluding carboxylic acids is 1. The summed E-state index contributed by atoms with van der Waals surface area (Å²) in [6, 6.07) is 18.4. The maximum atomic E-state index is 12.2. The van der Waals surface area contributed by atoms with Crippen LogP contribution in [-0.2, 0) is 6.61 Å². The van der Waals surface area contributed by atoms with Gasteiger partial charge in [-0.2, -0.15) is 0 Å². The largest absolute Gasteiger partial charge is 0.489 e. The summed E-state index contributed by atoms with van der Waals surface area (Å²) in [4.78, 5) is 12.9. The van der Waals surface area contributed by atoms with E-state index in [2.05, 4.69) is 0 Å². The molecule has 4 heteroatoms. The van der Waals surface area contributed by atoms with Crippen LogP contribution < -0.4 is 4.74 Å². The highest BCUT2D eigenvalue weighted by molar-refractivity contribution is 7.12. The SMILES string of the molecule is O=C(c1ccc(OCc2ccc(Cl)cc2)cc1)c1cccs1. The van der Waals surface area contributed by atoms with Crippen molar-refractivity contribution in [3.05, 3.63) is 87.1 Å². The fourth-order valence-corrected chi connectivity index (χ4v) is 2.81. The monoisotopic (exact) mass is 328 g/mol. The topological polar surface area (TPSA) is 26.3 Å². The van der Waals surface area contributed by atoms with Gasteiger partial charge in [0.15, 0.2) is 0 Å². The summed E-state index contributed by atoms with van der Waals surface area (Å²) in [6.45, 7) is 0.468. The van der Waals surface area contributed by atoms with Crippen molar-refractivity contribution >= 4 is 28.7 Å². The molecular formula is C18H13ClO2S. The summed E-state index contributed by atoms with van der Waals surface area (Å²) < 4.78 is 5.71. The lowest BCUT2D eigenvalue weighted by Crippen LogP contribution is -1.99. The molecule has 2 nitrogen and oxygen atoms in total. The normalized spacial score (nSPS) is 10.4. The predicted octanol–water partition coefficient (Wildman–Crippen LogP) is 5.21. The van der Waals surface area contributed by atoms with Gasteiger partial charge in [-0.1, -0.05) is 29.8 Å². The number of ether oxygens (including phenoxy) is 1. The average Bonchev–Trinajstić information content (AvgIpc) is 3.09. The molecule has 0 amide bonds. The van der Waals surface area contributed by atoms with E-state index in [1.165, 1.54) is 11.3 Å². The maximum absolute atomic E-state index is 12.2. The van der Waals surface area contributed by atoms with Gasteiger partial charge in [0.1, 0.15) is 12.4 Å². The van der Waals surface area contributed by atoms with Gasteiger partial charge in [-0.3, -0.25) is 4.79 Å². The second kappa shape index (κ2) is 6.77. The van der Waals surface area contributed by atoms with E-state index >= 15 is 0 Å². The number of thiophene rings is 1. The first kappa shape index (κ1) is 14.8. The summed E-state index contributed by atoms with van der Waals surface area (Å²) in [5, 5.41) is 2.61. The number of ketones is 1. The molecule has 0 aliphatic carbocycles. The zero-order valence-electron chi connectivity index (χ0n) is 11.7. The fourth-order valence-electron chi connectivity index (χ4n) is 2.00. The fraction of sp³-hybridized carbons (Fsp3) is 0.0556. The highest BCUT2D eigenvalue weighted by Crippen LogP contribution is 2.19. The molecule has 1 aromatic heterocycles. The zero-order valence-corrected chi connectivity index (χ0v) is 13.2. The predicted molar refractivity (Wildman–Crippen MR) is 90.0 cm³/mol. The van der Waals surface area contributed by atoms with Crippen molar-refractivity contribution in [1.29, 1.82) is 0 Å². The molecule has 0 spiro atoms. The van der Waals surface area contributed by atoms with E-state index in [1.807, 2.05) is 53.9 Å². The van der Waals surface area contributed by atoms with Gasteiger partial charge in [-0.05, 0) is 53.4 Å². The molecule has 0 aliphatic heterocycles. The van der Waals surface area contributed by atoms with Gasteiger partial charge in [0.2, 0.25) is 5.78 Å². The van der Waals surface area contributed by atoms with Crippen LogP contribution in [0.4, 0.5) is 0 Å². The quantitative estimate of drug-likeness (QED) is 0.601. The Morgan fingerprint density at radius 1 is 1.00 bits per heavy atom. The highest BCUT2D eigenvalue weighted by atomic mass is 35.5. The molecule has 0 saturated carbocycles. The van der Waals surface area contributed by atoms with Crippen LogP contribution in [0, 0.1) is 0 Å². The smallest absolute Gasteiger partial charge is 0.202 e. The first-order chi connectivity index (χ1) is 10.7. The lowest BCUT2D eigenvalue weighted by molar-refractivity contribution is 0.104. The maximum Gasteiger partial charge on any atom is 0.202 e. The molecule has 2 aromatic carbocycles. The molecular weight excluding hydrogens is 316 g/mol. The Balaban J connectivity index is 1.64. The Bertz CT molecular complexity index is 747. The van der Waals surface area contributed by atoms with Gasteiger partial charge < -0.3 is 4.74 Å².